The topological polar surface area (TPSA) is 30.9 Å². The molecule has 0 fully saturated rings. The molecular weight excluding hydrogens is 461 g/mol. The normalized spacial score (nSPS) is 15.2. The first-order valence-electron chi connectivity index (χ1n) is 12.1. The molecule has 1 aliphatic rings. The second-order valence-corrected chi connectivity index (χ2v) is 9.64. The molecule has 0 amide bonds. The van der Waals surface area contributed by atoms with Gasteiger partial charge in [0, 0.05) is 12.1 Å². The maximum atomic E-state index is 13.9. The average molecular weight is 494 g/mol. The molecule has 1 atom stereocenters. The van der Waals surface area contributed by atoms with Crippen LogP contribution < -0.4 is 14.2 Å². The highest BCUT2D eigenvalue weighted by Crippen LogP contribution is 2.34. The highest BCUT2D eigenvalue weighted by Gasteiger charge is 2.30. The molecule has 4 rings (SSSR count). The van der Waals surface area contributed by atoms with E-state index in [9.17, 15) is 4.39 Å². The van der Waals surface area contributed by atoms with Gasteiger partial charge in [0.1, 0.15) is 34.7 Å². The van der Waals surface area contributed by atoms with Crippen LogP contribution in [-0.2, 0) is 6.42 Å². The molecule has 0 radical (unpaired) electrons. The van der Waals surface area contributed by atoms with Crippen LogP contribution in [0.3, 0.4) is 0 Å². The van der Waals surface area contributed by atoms with Crippen LogP contribution in [0.1, 0.15) is 50.4 Å². The fraction of sp³-hybridized carbons (Fsp3) is 0.345. The molecule has 6 heteroatoms. The molecule has 3 aromatic rings. The monoisotopic (exact) mass is 493 g/mol. The van der Waals surface area contributed by atoms with E-state index in [1.807, 2.05) is 64.1 Å². The summed E-state index contributed by atoms with van der Waals surface area (Å²) in [7, 11) is 0. The second kappa shape index (κ2) is 11.1. The largest absolute Gasteiger partial charge is 0.491 e. The Balaban J connectivity index is 1.59. The molecule has 4 nitrogen and oxygen atoms in total. The van der Waals surface area contributed by atoms with Crippen molar-refractivity contribution < 1.29 is 18.6 Å². The Kier molecular flexibility index (Phi) is 7.91. The summed E-state index contributed by atoms with van der Waals surface area (Å²) in [6.45, 7) is 9.15. The number of halogens is 1. The van der Waals surface area contributed by atoms with Gasteiger partial charge in [0.25, 0.3) is 0 Å². The molecule has 184 valence electrons. The lowest BCUT2D eigenvalue weighted by Crippen LogP contribution is -2.42. The van der Waals surface area contributed by atoms with Gasteiger partial charge < -0.3 is 19.1 Å². The van der Waals surface area contributed by atoms with Gasteiger partial charge in [-0.05, 0) is 93.8 Å². The predicted octanol–water partition coefficient (Wildman–Crippen LogP) is 6.75. The summed E-state index contributed by atoms with van der Waals surface area (Å²) in [6, 6.07) is 20.2. The molecule has 1 unspecified atom stereocenters. The number of rotatable bonds is 8. The highest BCUT2D eigenvalue weighted by molar-refractivity contribution is 7.80. The Morgan fingerprint density at radius 1 is 0.914 bits per heavy atom. The van der Waals surface area contributed by atoms with Crippen molar-refractivity contribution in [2.75, 3.05) is 13.2 Å². The smallest absolute Gasteiger partial charge is 0.123 e. The van der Waals surface area contributed by atoms with Crippen LogP contribution in [-0.4, -0.2) is 35.2 Å². The molecule has 35 heavy (non-hydrogen) atoms. The first-order valence-corrected chi connectivity index (χ1v) is 12.5. The Labute approximate surface area is 212 Å². The minimum atomic E-state index is -0.297. The summed E-state index contributed by atoms with van der Waals surface area (Å²) in [6.07, 6.45) is 1.04. The van der Waals surface area contributed by atoms with Crippen molar-refractivity contribution in [2.24, 2.45) is 0 Å². The minimum absolute atomic E-state index is 0.107. The van der Waals surface area contributed by atoms with Crippen molar-refractivity contribution in [3.63, 3.8) is 0 Å². The Hall–Kier alpha value is -3.12. The first kappa shape index (κ1) is 25.0. The summed E-state index contributed by atoms with van der Waals surface area (Å²) >= 11 is 5.84. The summed E-state index contributed by atoms with van der Waals surface area (Å²) in [5, 5.41) is 0. The number of ether oxygens (including phenoxy) is 3. The minimum Gasteiger partial charge on any atom is -0.491 e. The van der Waals surface area contributed by atoms with E-state index in [0.717, 1.165) is 29.2 Å². The first-order chi connectivity index (χ1) is 16.8. The summed E-state index contributed by atoms with van der Waals surface area (Å²) in [5.74, 6) is 2.13. The maximum Gasteiger partial charge on any atom is 0.123 e. The number of hydrogen-bond donors (Lipinski definition) is 0. The van der Waals surface area contributed by atoms with Crippen molar-refractivity contribution in [3.05, 3.63) is 89.2 Å². The highest BCUT2D eigenvalue weighted by atomic mass is 32.1. The van der Waals surface area contributed by atoms with Gasteiger partial charge in [-0.2, -0.15) is 0 Å². The summed E-state index contributed by atoms with van der Waals surface area (Å²) in [5.41, 5.74) is 3.06. The molecule has 0 aromatic heterocycles. The third kappa shape index (κ3) is 6.31. The quantitative estimate of drug-likeness (QED) is 0.324. The number of thiocarbonyl (C=S) groups is 1. The van der Waals surface area contributed by atoms with Crippen molar-refractivity contribution in [3.8, 4) is 17.2 Å². The number of nitrogens with zero attached hydrogens (tertiary/aromatic N) is 1. The molecule has 0 aliphatic carbocycles. The van der Waals surface area contributed by atoms with Crippen molar-refractivity contribution >= 4 is 17.2 Å². The van der Waals surface area contributed by atoms with Gasteiger partial charge in [0.05, 0.1) is 18.2 Å². The molecule has 0 spiro atoms. The fourth-order valence-electron chi connectivity index (χ4n) is 4.31. The van der Waals surface area contributed by atoms with E-state index in [4.69, 9.17) is 26.4 Å². The zero-order valence-corrected chi connectivity index (χ0v) is 21.5. The average Bonchev–Trinajstić information content (AvgIpc) is 2.82. The maximum absolute atomic E-state index is 13.9. The van der Waals surface area contributed by atoms with Crippen LogP contribution in [0.15, 0.2) is 66.7 Å². The van der Waals surface area contributed by atoms with E-state index in [2.05, 4.69) is 17.0 Å². The molecule has 1 aliphatic heterocycles. The Morgan fingerprint density at radius 2 is 1.57 bits per heavy atom. The lowest BCUT2D eigenvalue weighted by atomic mass is 9.92. The molecule has 0 bridgehead atoms. The second-order valence-electron chi connectivity index (χ2n) is 9.25. The van der Waals surface area contributed by atoms with Gasteiger partial charge in [-0.3, -0.25) is 0 Å². The van der Waals surface area contributed by atoms with E-state index in [1.165, 1.54) is 17.7 Å². The van der Waals surface area contributed by atoms with Crippen LogP contribution in [0, 0.1) is 5.82 Å². The Morgan fingerprint density at radius 3 is 2.26 bits per heavy atom. The fourth-order valence-corrected chi connectivity index (χ4v) is 4.65. The molecule has 1 heterocycles. The van der Waals surface area contributed by atoms with Gasteiger partial charge in [0.2, 0.25) is 0 Å². The molecule has 0 N–H and O–H groups in total. The van der Waals surface area contributed by atoms with E-state index < -0.39 is 0 Å². The van der Waals surface area contributed by atoms with E-state index >= 15 is 0 Å². The molecule has 0 saturated heterocycles. The number of hydrogen-bond acceptors (Lipinski definition) is 4. The van der Waals surface area contributed by atoms with Crippen molar-refractivity contribution in [1.29, 1.82) is 0 Å². The lowest BCUT2D eigenvalue weighted by Gasteiger charge is -2.39. The van der Waals surface area contributed by atoms with Crippen molar-refractivity contribution in [2.45, 2.75) is 52.4 Å². The number of fused-ring (bicyclic) bond motifs is 1. The van der Waals surface area contributed by atoms with Gasteiger partial charge in [0.15, 0.2) is 0 Å². The predicted molar refractivity (Wildman–Crippen MR) is 141 cm³/mol. The van der Waals surface area contributed by atoms with Crippen LogP contribution in [0.2, 0.25) is 0 Å². The lowest BCUT2D eigenvalue weighted by molar-refractivity contribution is 0.190. The van der Waals surface area contributed by atoms with Crippen LogP contribution in [0.4, 0.5) is 4.39 Å². The van der Waals surface area contributed by atoms with Crippen LogP contribution in [0.25, 0.3) is 0 Å². The number of benzene rings is 3. The summed E-state index contributed by atoms with van der Waals surface area (Å²) < 4.78 is 31.8. The van der Waals surface area contributed by atoms with Gasteiger partial charge in [-0.25, -0.2) is 4.39 Å². The SMILES string of the molecule is CC(C)Oc1ccc(OCC2c3ccc(OC(C)C)cc3CCN2C(=S)c2cccc(F)c2)cc1. The molecule has 0 saturated carbocycles. The third-order valence-corrected chi connectivity index (χ3v) is 6.25. The Bertz CT molecular complexity index is 1160. The van der Waals surface area contributed by atoms with Gasteiger partial charge in [-0.1, -0.05) is 30.4 Å². The van der Waals surface area contributed by atoms with E-state index in [-0.39, 0.29) is 24.1 Å². The van der Waals surface area contributed by atoms with Crippen molar-refractivity contribution in [1.82, 2.24) is 4.90 Å². The zero-order valence-electron chi connectivity index (χ0n) is 20.7. The summed E-state index contributed by atoms with van der Waals surface area (Å²) in [4.78, 5) is 2.76. The van der Waals surface area contributed by atoms with Crippen LogP contribution >= 0.6 is 12.2 Å². The van der Waals surface area contributed by atoms with Gasteiger partial charge >= 0.3 is 0 Å². The van der Waals surface area contributed by atoms with Crippen LogP contribution in [0.5, 0.6) is 17.2 Å². The third-order valence-electron chi connectivity index (χ3n) is 5.78. The molecule has 3 aromatic carbocycles. The van der Waals surface area contributed by atoms with E-state index in [1.54, 1.807) is 6.07 Å². The zero-order chi connectivity index (χ0) is 24.9. The standard InChI is InChI=1S/C29H32FNO3S/c1-19(2)33-25-10-8-24(9-11-25)32-18-28-27-13-12-26(34-20(3)4)17-21(27)14-15-31(28)29(35)22-6-5-7-23(30)16-22/h5-13,16-17,19-20,28H,14-15,18H2,1-4H3. The molecular formula is C29H32FNO3S. The van der Waals surface area contributed by atoms with E-state index in [0.29, 0.717) is 23.7 Å². The van der Waals surface area contributed by atoms with Gasteiger partial charge in [-0.15, -0.1) is 0 Å².